The van der Waals surface area contributed by atoms with Crippen LogP contribution < -0.4 is 5.32 Å². The van der Waals surface area contributed by atoms with E-state index in [4.69, 9.17) is 23.2 Å². The van der Waals surface area contributed by atoms with Gasteiger partial charge in [0.15, 0.2) is 0 Å². The van der Waals surface area contributed by atoms with Gasteiger partial charge in [-0.2, -0.15) is 5.10 Å². The molecular formula is C13H15Cl2N3. The molecule has 1 N–H and O–H groups in total. The Bertz CT molecular complexity index is 537. The van der Waals surface area contributed by atoms with Crippen molar-refractivity contribution in [1.29, 1.82) is 0 Å². The summed E-state index contributed by atoms with van der Waals surface area (Å²) in [7, 11) is 1.93. The van der Waals surface area contributed by atoms with E-state index in [0.717, 1.165) is 17.8 Å². The van der Waals surface area contributed by atoms with Gasteiger partial charge in [0.1, 0.15) is 0 Å². The second-order valence-electron chi connectivity index (χ2n) is 4.22. The second-order valence-corrected chi connectivity index (χ2v) is 5.04. The highest BCUT2D eigenvalue weighted by Crippen LogP contribution is 2.25. The largest absolute Gasteiger partial charge is 0.305 e. The van der Waals surface area contributed by atoms with Crippen LogP contribution in [0.5, 0.6) is 0 Å². The summed E-state index contributed by atoms with van der Waals surface area (Å²) in [5.74, 6) is 0. The van der Waals surface area contributed by atoms with Gasteiger partial charge in [-0.15, -0.1) is 0 Å². The molecule has 0 saturated carbocycles. The van der Waals surface area contributed by atoms with E-state index in [-0.39, 0.29) is 6.04 Å². The average Bonchev–Trinajstić information content (AvgIpc) is 2.75. The summed E-state index contributed by atoms with van der Waals surface area (Å²) in [6.07, 6.45) is 1.79. The molecule has 1 atom stereocenters. The SMILES string of the molecule is CC(NCc1ccnn1C)c1ccc(Cl)c(Cl)c1. The highest BCUT2D eigenvalue weighted by molar-refractivity contribution is 6.42. The molecular weight excluding hydrogens is 269 g/mol. The third-order valence-electron chi connectivity index (χ3n) is 2.96. The molecule has 0 radical (unpaired) electrons. The van der Waals surface area contributed by atoms with Crippen LogP contribution in [0.3, 0.4) is 0 Å². The fourth-order valence-corrected chi connectivity index (χ4v) is 2.04. The van der Waals surface area contributed by atoms with Gasteiger partial charge >= 0.3 is 0 Å². The highest BCUT2D eigenvalue weighted by Gasteiger charge is 2.08. The molecule has 2 rings (SSSR count). The first kappa shape index (κ1) is 13.4. The predicted octanol–water partition coefficient (Wildman–Crippen LogP) is 3.58. The van der Waals surface area contributed by atoms with E-state index < -0.39 is 0 Å². The van der Waals surface area contributed by atoms with Gasteiger partial charge in [0, 0.05) is 25.8 Å². The molecule has 1 unspecified atom stereocenters. The molecule has 1 aromatic heterocycles. The van der Waals surface area contributed by atoms with Crippen molar-refractivity contribution in [2.45, 2.75) is 19.5 Å². The standard InChI is InChI=1S/C13H15Cl2N3/c1-9(10-3-4-12(14)13(15)7-10)16-8-11-5-6-17-18(11)2/h3-7,9,16H,8H2,1-2H3. The summed E-state index contributed by atoms with van der Waals surface area (Å²) >= 11 is 11.9. The van der Waals surface area contributed by atoms with Crippen LogP contribution in [0.25, 0.3) is 0 Å². The molecule has 0 aliphatic rings. The molecule has 0 aliphatic carbocycles. The van der Waals surface area contributed by atoms with Crippen molar-refractivity contribution in [2.75, 3.05) is 0 Å². The van der Waals surface area contributed by atoms with Crippen molar-refractivity contribution < 1.29 is 0 Å². The molecule has 1 heterocycles. The van der Waals surface area contributed by atoms with E-state index in [1.807, 2.05) is 36.0 Å². The molecule has 0 saturated heterocycles. The topological polar surface area (TPSA) is 29.9 Å². The minimum atomic E-state index is 0.203. The van der Waals surface area contributed by atoms with Crippen molar-refractivity contribution in [2.24, 2.45) is 7.05 Å². The lowest BCUT2D eigenvalue weighted by Gasteiger charge is -2.15. The minimum Gasteiger partial charge on any atom is -0.305 e. The van der Waals surface area contributed by atoms with Crippen LogP contribution in [0.2, 0.25) is 10.0 Å². The quantitative estimate of drug-likeness (QED) is 0.930. The first-order valence-electron chi connectivity index (χ1n) is 5.73. The molecule has 0 spiro atoms. The van der Waals surface area contributed by atoms with Crippen LogP contribution in [-0.4, -0.2) is 9.78 Å². The van der Waals surface area contributed by atoms with E-state index in [0.29, 0.717) is 10.0 Å². The molecule has 96 valence electrons. The normalized spacial score (nSPS) is 12.7. The number of nitrogens with zero attached hydrogens (tertiary/aromatic N) is 2. The minimum absolute atomic E-state index is 0.203. The summed E-state index contributed by atoms with van der Waals surface area (Å²) in [6.45, 7) is 2.86. The molecule has 0 aliphatic heterocycles. The number of benzene rings is 1. The van der Waals surface area contributed by atoms with E-state index in [2.05, 4.69) is 17.3 Å². The zero-order valence-corrected chi connectivity index (χ0v) is 11.8. The maximum absolute atomic E-state index is 6.01. The number of hydrogen-bond donors (Lipinski definition) is 1. The van der Waals surface area contributed by atoms with E-state index >= 15 is 0 Å². The van der Waals surface area contributed by atoms with E-state index in [1.165, 1.54) is 0 Å². The van der Waals surface area contributed by atoms with E-state index in [9.17, 15) is 0 Å². The number of aromatic nitrogens is 2. The summed E-state index contributed by atoms with van der Waals surface area (Å²) in [5, 5.41) is 8.73. The van der Waals surface area contributed by atoms with Gasteiger partial charge in [-0.05, 0) is 30.7 Å². The summed E-state index contributed by atoms with van der Waals surface area (Å²) in [4.78, 5) is 0. The van der Waals surface area contributed by atoms with Gasteiger partial charge < -0.3 is 5.32 Å². The number of aryl methyl sites for hydroxylation is 1. The lowest BCUT2D eigenvalue weighted by molar-refractivity contribution is 0.548. The van der Waals surface area contributed by atoms with Crippen molar-refractivity contribution in [3.8, 4) is 0 Å². The Morgan fingerprint density at radius 3 is 2.67 bits per heavy atom. The van der Waals surface area contributed by atoms with Crippen molar-refractivity contribution >= 4 is 23.2 Å². The molecule has 3 nitrogen and oxygen atoms in total. The monoisotopic (exact) mass is 283 g/mol. The fourth-order valence-electron chi connectivity index (χ4n) is 1.73. The molecule has 0 fully saturated rings. The van der Waals surface area contributed by atoms with Crippen LogP contribution in [0.1, 0.15) is 24.2 Å². The van der Waals surface area contributed by atoms with Crippen molar-refractivity contribution in [1.82, 2.24) is 15.1 Å². The fraction of sp³-hybridized carbons (Fsp3) is 0.308. The van der Waals surface area contributed by atoms with Gasteiger partial charge in [-0.25, -0.2) is 0 Å². The Labute approximate surface area is 117 Å². The average molecular weight is 284 g/mol. The first-order valence-corrected chi connectivity index (χ1v) is 6.48. The smallest absolute Gasteiger partial charge is 0.0595 e. The van der Waals surface area contributed by atoms with E-state index in [1.54, 1.807) is 6.20 Å². The van der Waals surface area contributed by atoms with Crippen LogP contribution in [0.4, 0.5) is 0 Å². The van der Waals surface area contributed by atoms with Crippen molar-refractivity contribution in [3.05, 3.63) is 51.8 Å². The third kappa shape index (κ3) is 3.05. The maximum atomic E-state index is 6.01. The molecule has 18 heavy (non-hydrogen) atoms. The van der Waals surface area contributed by atoms with Gasteiger partial charge in [0.2, 0.25) is 0 Å². The zero-order valence-electron chi connectivity index (χ0n) is 10.3. The number of hydrogen-bond acceptors (Lipinski definition) is 2. The second kappa shape index (κ2) is 5.74. The lowest BCUT2D eigenvalue weighted by atomic mass is 10.1. The van der Waals surface area contributed by atoms with Crippen LogP contribution in [0, 0.1) is 0 Å². The maximum Gasteiger partial charge on any atom is 0.0595 e. The Morgan fingerprint density at radius 1 is 1.28 bits per heavy atom. The van der Waals surface area contributed by atoms with Gasteiger partial charge in [-0.1, -0.05) is 29.3 Å². The molecule has 2 aromatic rings. The Balaban J connectivity index is 2.01. The lowest BCUT2D eigenvalue weighted by Crippen LogP contribution is -2.19. The van der Waals surface area contributed by atoms with Crippen LogP contribution in [0.15, 0.2) is 30.5 Å². The molecule has 0 bridgehead atoms. The summed E-state index contributed by atoms with van der Waals surface area (Å²) in [5.41, 5.74) is 2.26. The molecule has 0 amide bonds. The van der Waals surface area contributed by atoms with Gasteiger partial charge in [-0.3, -0.25) is 4.68 Å². The summed E-state index contributed by atoms with van der Waals surface area (Å²) < 4.78 is 1.86. The predicted molar refractivity (Wildman–Crippen MR) is 74.9 cm³/mol. The van der Waals surface area contributed by atoms with Crippen LogP contribution in [-0.2, 0) is 13.6 Å². The third-order valence-corrected chi connectivity index (χ3v) is 3.69. The Hall–Kier alpha value is -1.03. The van der Waals surface area contributed by atoms with Gasteiger partial charge in [0.05, 0.1) is 15.7 Å². The first-order chi connectivity index (χ1) is 8.58. The zero-order chi connectivity index (χ0) is 13.1. The highest BCUT2D eigenvalue weighted by atomic mass is 35.5. The molecule has 1 aromatic carbocycles. The van der Waals surface area contributed by atoms with Crippen LogP contribution >= 0.6 is 23.2 Å². The van der Waals surface area contributed by atoms with Crippen molar-refractivity contribution in [3.63, 3.8) is 0 Å². The Kier molecular flexibility index (Phi) is 4.27. The van der Waals surface area contributed by atoms with Gasteiger partial charge in [0.25, 0.3) is 0 Å². The summed E-state index contributed by atoms with van der Waals surface area (Å²) in [6, 6.07) is 7.89. The number of nitrogens with one attached hydrogen (secondary N) is 1. The number of rotatable bonds is 4. The molecule has 5 heteroatoms. The Morgan fingerprint density at radius 2 is 2.06 bits per heavy atom. The number of halogens is 2.